The normalized spacial score (nSPS) is 15.4. The number of aryl methyl sites for hydroxylation is 1. The Labute approximate surface area is 168 Å². The number of benzene rings is 1. The summed E-state index contributed by atoms with van der Waals surface area (Å²) in [6.07, 6.45) is 3.66. The van der Waals surface area contributed by atoms with E-state index in [1.54, 1.807) is 12.3 Å². The first kappa shape index (κ1) is 17.9. The second kappa shape index (κ2) is 7.00. The van der Waals surface area contributed by atoms with Gasteiger partial charge >= 0.3 is 0 Å². The van der Waals surface area contributed by atoms with Gasteiger partial charge in [-0.05, 0) is 30.7 Å². The molecule has 1 saturated heterocycles. The molecule has 4 aromatic rings. The van der Waals surface area contributed by atoms with Crippen molar-refractivity contribution >= 4 is 27.8 Å². The van der Waals surface area contributed by atoms with E-state index in [0.717, 1.165) is 55.1 Å². The average molecular weight is 388 g/mol. The molecule has 0 aliphatic carbocycles. The fourth-order valence-corrected chi connectivity index (χ4v) is 4.13. The fourth-order valence-electron chi connectivity index (χ4n) is 4.13. The van der Waals surface area contributed by atoms with E-state index in [-0.39, 0.29) is 5.56 Å². The molecule has 5 rings (SSSR count). The van der Waals surface area contributed by atoms with Crippen LogP contribution in [0.5, 0.6) is 0 Å². The molecular formula is C22H24N6O. The SMILES string of the molecule is Cc1cnc(N2CCN(Cc3ccc4c(c3)[nH]c(=O)c3cccnc34)CC2)n1C. The standard InChI is InChI=1S/C22H24N6O/c1-15-13-24-22(26(15)2)28-10-8-27(9-11-28)14-16-5-6-17-19(12-16)25-21(29)18-4-3-7-23-20(17)18/h3-7,12-13H,8-11,14H2,1-2H3,(H,25,29). The van der Waals surface area contributed by atoms with Gasteiger partial charge in [0.1, 0.15) is 0 Å². The summed E-state index contributed by atoms with van der Waals surface area (Å²) in [4.78, 5) is 29.1. The molecule has 1 aliphatic heterocycles. The predicted molar refractivity (Wildman–Crippen MR) is 115 cm³/mol. The zero-order valence-electron chi connectivity index (χ0n) is 16.7. The third-order valence-corrected chi connectivity index (χ3v) is 5.90. The topological polar surface area (TPSA) is 70.1 Å². The third kappa shape index (κ3) is 3.17. The molecule has 0 amide bonds. The summed E-state index contributed by atoms with van der Waals surface area (Å²) in [5, 5.41) is 1.62. The summed E-state index contributed by atoms with van der Waals surface area (Å²) in [6, 6.07) is 9.91. The van der Waals surface area contributed by atoms with Crippen molar-refractivity contribution in [2.24, 2.45) is 7.05 Å². The predicted octanol–water partition coefficient (Wildman–Crippen LogP) is 2.44. The van der Waals surface area contributed by atoms with Crippen molar-refractivity contribution in [3.8, 4) is 0 Å². The van der Waals surface area contributed by atoms with Crippen molar-refractivity contribution in [3.63, 3.8) is 0 Å². The van der Waals surface area contributed by atoms with Gasteiger partial charge in [0, 0.05) is 57.0 Å². The van der Waals surface area contributed by atoms with E-state index < -0.39 is 0 Å². The summed E-state index contributed by atoms with van der Waals surface area (Å²) in [6.45, 7) is 6.84. The Hall–Kier alpha value is -3.19. The maximum Gasteiger partial charge on any atom is 0.257 e. The van der Waals surface area contributed by atoms with Crippen LogP contribution in [0.4, 0.5) is 5.95 Å². The highest BCUT2D eigenvalue weighted by molar-refractivity contribution is 6.02. The molecule has 1 aliphatic rings. The molecule has 0 saturated carbocycles. The second-order valence-electron chi connectivity index (χ2n) is 7.76. The van der Waals surface area contributed by atoms with E-state index in [1.807, 2.05) is 12.3 Å². The average Bonchev–Trinajstić information content (AvgIpc) is 3.07. The van der Waals surface area contributed by atoms with Crippen molar-refractivity contribution in [3.05, 3.63) is 64.3 Å². The van der Waals surface area contributed by atoms with Crippen LogP contribution in [0.25, 0.3) is 21.8 Å². The van der Waals surface area contributed by atoms with Gasteiger partial charge in [0.2, 0.25) is 5.95 Å². The number of rotatable bonds is 3. The minimum atomic E-state index is -0.0864. The van der Waals surface area contributed by atoms with Gasteiger partial charge in [-0.25, -0.2) is 4.98 Å². The van der Waals surface area contributed by atoms with E-state index in [9.17, 15) is 4.79 Å². The Bertz CT molecular complexity index is 1250. The monoisotopic (exact) mass is 388 g/mol. The molecule has 0 spiro atoms. The lowest BCUT2D eigenvalue weighted by molar-refractivity contribution is 0.248. The van der Waals surface area contributed by atoms with Crippen LogP contribution in [0.1, 0.15) is 11.3 Å². The molecule has 29 heavy (non-hydrogen) atoms. The van der Waals surface area contributed by atoms with Crippen LogP contribution >= 0.6 is 0 Å². The summed E-state index contributed by atoms with van der Waals surface area (Å²) >= 11 is 0. The number of fused-ring (bicyclic) bond motifs is 3. The highest BCUT2D eigenvalue weighted by atomic mass is 16.1. The number of piperazine rings is 1. The molecule has 1 N–H and O–H groups in total. The number of H-pyrrole nitrogens is 1. The third-order valence-electron chi connectivity index (χ3n) is 5.90. The van der Waals surface area contributed by atoms with Gasteiger partial charge in [-0.1, -0.05) is 12.1 Å². The van der Waals surface area contributed by atoms with Crippen LogP contribution in [-0.4, -0.2) is 50.6 Å². The summed E-state index contributed by atoms with van der Waals surface area (Å²) in [5.74, 6) is 1.05. The number of pyridine rings is 2. The molecule has 3 aromatic heterocycles. The van der Waals surface area contributed by atoms with Gasteiger partial charge in [-0.3, -0.25) is 14.7 Å². The number of nitrogens with zero attached hydrogens (tertiary/aromatic N) is 5. The van der Waals surface area contributed by atoms with E-state index in [1.165, 1.54) is 11.3 Å². The first-order valence-electron chi connectivity index (χ1n) is 9.95. The first-order valence-corrected chi connectivity index (χ1v) is 9.95. The van der Waals surface area contributed by atoms with Gasteiger partial charge in [0.25, 0.3) is 5.56 Å². The van der Waals surface area contributed by atoms with Gasteiger partial charge in [-0.2, -0.15) is 0 Å². The second-order valence-corrected chi connectivity index (χ2v) is 7.76. The Morgan fingerprint density at radius 3 is 2.66 bits per heavy atom. The maximum atomic E-state index is 12.4. The molecule has 7 heteroatoms. The minimum Gasteiger partial charge on any atom is -0.340 e. The number of hydrogen-bond acceptors (Lipinski definition) is 5. The van der Waals surface area contributed by atoms with Crippen LogP contribution in [0.2, 0.25) is 0 Å². The Morgan fingerprint density at radius 1 is 1.07 bits per heavy atom. The zero-order chi connectivity index (χ0) is 20.0. The van der Waals surface area contributed by atoms with Crippen LogP contribution in [0.3, 0.4) is 0 Å². The van der Waals surface area contributed by atoms with Crippen molar-refractivity contribution in [1.29, 1.82) is 0 Å². The van der Waals surface area contributed by atoms with Crippen molar-refractivity contribution in [2.45, 2.75) is 13.5 Å². The maximum absolute atomic E-state index is 12.4. The first-order chi connectivity index (χ1) is 14.1. The van der Waals surface area contributed by atoms with E-state index in [4.69, 9.17) is 0 Å². The Morgan fingerprint density at radius 2 is 1.90 bits per heavy atom. The number of aromatic amines is 1. The van der Waals surface area contributed by atoms with Gasteiger partial charge in [0.15, 0.2) is 0 Å². The lowest BCUT2D eigenvalue weighted by atomic mass is 10.1. The molecule has 7 nitrogen and oxygen atoms in total. The molecule has 4 heterocycles. The van der Waals surface area contributed by atoms with Crippen LogP contribution in [0, 0.1) is 6.92 Å². The van der Waals surface area contributed by atoms with Crippen LogP contribution < -0.4 is 10.5 Å². The van der Waals surface area contributed by atoms with Gasteiger partial charge in [0.05, 0.1) is 22.6 Å². The number of aromatic nitrogens is 4. The molecule has 0 bridgehead atoms. The van der Waals surface area contributed by atoms with Crippen molar-refractivity contribution in [2.75, 3.05) is 31.1 Å². The number of imidazole rings is 1. The van der Waals surface area contributed by atoms with Crippen LogP contribution in [0.15, 0.2) is 47.5 Å². The quantitative estimate of drug-likeness (QED) is 0.546. The highest BCUT2D eigenvalue weighted by Crippen LogP contribution is 2.22. The molecule has 148 valence electrons. The summed E-state index contributed by atoms with van der Waals surface area (Å²) in [5.41, 5.74) is 3.90. The molecule has 0 atom stereocenters. The largest absolute Gasteiger partial charge is 0.340 e. The minimum absolute atomic E-state index is 0.0864. The number of anilines is 1. The van der Waals surface area contributed by atoms with Crippen LogP contribution in [-0.2, 0) is 13.6 Å². The fraction of sp³-hybridized carbons (Fsp3) is 0.318. The van der Waals surface area contributed by atoms with Crippen molar-refractivity contribution in [1.82, 2.24) is 24.4 Å². The Kier molecular flexibility index (Phi) is 4.32. The smallest absolute Gasteiger partial charge is 0.257 e. The number of nitrogens with one attached hydrogen (secondary N) is 1. The zero-order valence-corrected chi connectivity index (χ0v) is 16.7. The molecule has 0 unspecified atom stereocenters. The summed E-state index contributed by atoms with van der Waals surface area (Å²) in [7, 11) is 2.07. The van der Waals surface area contributed by atoms with Gasteiger partial charge in [-0.15, -0.1) is 0 Å². The lowest BCUT2D eigenvalue weighted by Crippen LogP contribution is -2.46. The molecule has 0 radical (unpaired) electrons. The van der Waals surface area contributed by atoms with E-state index in [2.05, 4.69) is 61.5 Å². The highest BCUT2D eigenvalue weighted by Gasteiger charge is 2.20. The van der Waals surface area contributed by atoms with E-state index in [0.29, 0.717) is 5.39 Å². The number of hydrogen-bond donors (Lipinski definition) is 1. The summed E-state index contributed by atoms with van der Waals surface area (Å²) < 4.78 is 2.15. The van der Waals surface area contributed by atoms with E-state index >= 15 is 0 Å². The van der Waals surface area contributed by atoms with Crippen molar-refractivity contribution < 1.29 is 0 Å². The van der Waals surface area contributed by atoms with Gasteiger partial charge < -0.3 is 14.5 Å². The molecule has 1 aromatic carbocycles. The molecule has 1 fully saturated rings. The lowest BCUT2D eigenvalue weighted by Gasteiger charge is -2.35. The molecular weight excluding hydrogens is 364 g/mol. The Balaban J connectivity index is 1.34.